The first-order valence-corrected chi connectivity index (χ1v) is 8.72. The van der Waals surface area contributed by atoms with Crippen LogP contribution in [0.15, 0.2) is 65.1 Å². The molecule has 0 fully saturated rings. The number of para-hydroxylation sites is 1. The number of ether oxygens (including phenoxy) is 1. The molecular formula is C19H17N3O3S. The number of nitrogens with zero attached hydrogens (tertiary/aromatic N) is 2. The Hall–Kier alpha value is -3.19. The lowest BCUT2D eigenvalue weighted by Crippen LogP contribution is -2.13. The summed E-state index contributed by atoms with van der Waals surface area (Å²) in [5.74, 6) is -0.457. The van der Waals surface area contributed by atoms with E-state index >= 15 is 0 Å². The first-order valence-electron chi connectivity index (χ1n) is 7.84. The van der Waals surface area contributed by atoms with Crippen LogP contribution in [-0.4, -0.2) is 16.4 Å². The van der Waals surface area contributed by atoms with Gasteiger partial charge in [0.1, 0.15) is 12.4 Å². The average molecular weight is 367 g/mol. The largest absolute Gasteiger partial charge is 0.488 e. The number of aromatic nitrogens is 1. The Balaban J connectivity index is 1.77. The molecule has 2 N–H and O–H groups in total. The highest BCUT2D eigenvalue weighted by atomic mass is 32.1. The summed E-state index contributed by atoms with van der Waals surface area (Å²) < 4.78 is 7.49. The van der Waals surface area contributed by atoms with Crippen LogP contribution < -0.4 is 15.3 Å². The molecule has 6 nitrogen and oxygen atoms in total. The van der Waals surface area contributed by atoms with Crippen molar-refractivity contribution in [2.24, 2.45) is 17.8 Å². The van der Waals surface area contributed by atoms with Crippen molar-refractivity contribution < 1.29 is 14.3 Å². The number of benzene rings is 2. The molecule has 2 aromatic carbocycles. The van der Waals surface area contributed by atoms with Gasteiger partial charge in [-0.25, -0.2) is 0 Å². The van der Waals surface area contributed by atoms with Crippen LogP contribution in [0.5, 0.6) is 5.75 Å². The minimum Gasteiger partial charge on any atom is -0.488 e. The van der Waals surface area contributed by atoms with E-state index in [9.17, 15) is 9.59 Å². The Morgan fingerprint density at radius 3 is 2.73 bits per heavy atom. The molecule has 0 radical (unpaired) electrons. The van der Waals surface area contributed by atoms with E-state index in [0.717, 1.165) is 5.56 Å². The van der Waals surface area contributed by atoms with Gasteiger partial charge < -0.3 is 15.0 Å². The number of amides is 2. The maximum absolute atomic E-state index is 12.4. The van der Waals surface area contributed by atoms with Gasteiger partial charge in [-0.3, -0.25) is 9.59 Å². The summed E-state index contributed by atoms with van der Waals surface area (Å²) in [4.78, 5) is 28.6. The van der Waals surface area contributed by atoms with E-state index in [1.165, 1.54) is 11.3 Å². The van der Waals surface area contributed by atoms with Gasteiger partial charge >= 0.3 is 0 Å². The standard InChI is InChI=1S/C19H17N3O3S/c1-22-9-10-26-19(22)21-18(24)14-6-4-5-13(11-14)12-25-16-8-3-2-7-15(16)17(20)23/h2-11H,12H2,1H3,(H2,20,23). The number of carbonyl (C=O) groups is 2. The molecule has 0 saturated carbocycles. The van der Waals surface area contributed by atoms with Crippen LogP contribution in [-0.2, 0) is 13.7 Å². The van der Waals surface area contributed by atoms with E-state index in [1.54, 1.807) is 47.0 Å². The Bertz CT molecular complexity index is 1020. The highest BCUT2D eigenvalue weighted by molar-refractivity contribution is 7.07. The number of primary amides is 1. The molecular weight excluding hydrogens is 350 g/mol. The van der Waals surface area contributed by atoms with E-state index in [0.29, 0.717) is 21.7 Å². The van der Waals surface area contributed by atoms with E-state index in [2.05, 4.69) is 4.99 Å². The van der Waals surface area contributed by atoms with Gasteiger partial charge in [-0.2, -0.15) is 4.99 Å². The normalized spacial score (nSPS) is 11.3. The molecule has 2 amide bonds. The molecule has 0 spiro atoms. The van der Waals surface area contributed by atoms with Crippen molar-refractivity contribution in [1.82, 2.24) is 4.57 Å². The Morgan fingerprint density at radius 2 is 2.00 bits per heavy atom. The maximum atomic E-state index is 12.4. The summed E-state index contributed by atoms with van der Waals surface area (Å²) in [7, 11) is 1.84. The number of thiazole rings is 1. The van der Waals surface area contributed by atoms with Crippen molar-refractivity contribution in [3.63, 3.8) is 0 Å². The average Bonchev–Trinajstić information content (AvgIpc) is 3.05. The molecule has 7 heteroatoms. The summed E-state index contributed by atoms with van der Waals surface area (Å²) in [6, 6.07) is 13.8. The Kier molecular flexibility index (Phi) is 5.28. The molecule has 0 unspecified atom stereocenters. The van der Waals surface area contributed by atoms with Gasteiger partial charge in [0, 0.05) is 24.2 Å². The molecule has 26 heavy (non-hydrogen) atoms. The molecule has 0 bridgehead atoms. The van der Waals surface area contributed by atoms with Gasteiger partial charge in [0.15, 0.2) is 4.80 Å². The van der Waals surface area contributed by atoms with Crippen LogP contribution in [0, 0.1) is 0 Å². The monoisotopic (exact) mass is 367 g/mol. The van der Waals surface area contributed by atoms with Crippen molar-refractivity contribution in [2.45, 2.75) is 6.61 Å². The van der Waals surface area contributed by atoms with Crippen LogP contribution in [0.25, 0.3) is 0 Å². The van der Waals surface area contributed by atoms with Gasteiger partial charge in [-0.15, -0.1) is 11.3 Å². The zero-order valence-electron chi connectivity index (χ0n) is 14.1. The molecule has 1 heterocycles. The van der Waals surface area contributed by atoms with Gasteiger partial charge in [0.25, 0.3) is 11.8 Å². The molecule has 0 atom stereocenters. The van der Waals surface area contributed by atoms with Gasteiger partial charge in [-0.1, -0.05) is 24.3 Å². The zero-order chi connectivity index (χ0) is 18.5. The summed E-state index contributed by atoms with van der Waals surface area (Å²) in [5.41, 5.74) is 6.93. The third-order valence-electron chi connectivity index (χ3n) is 3.68. The molecule has 3 aromatic rings. The maximum Gasteiger partial charge on any atom is 0.279 e. The molecule has 0 aliphatic heterocycles. The van der Waals surface area contributed by atoms with Crippen LogP contribution in [0.4, 0.5) is 0 Å². The molecule has 1 aromatic heterocycles. The van der Waals surface area contributed by atoms with E-state index in [1.807, 2.05) is 24.7 Å². The predicted molar refractivity (Wildman–Crippen MR) is 98.9 cm³/mol. The first-order chi connectivity index (χ1) is 12.5. The van der Waals surface area contributed by atoms with Crippen molar-refractivity contribution in [3.05, 3.63) is 81.6 Å². The fourth-order valence-electron chi connectivity index (χ4n) is 2.34. The lowest BCUT2D eigenvalue weighted by atomic mass is 10.1. The number of carbonyl (C=O) groups excluding carboxylic acids is 2. The highest BCUT2D eigenvalue weighted by Gasteiger charge is 2.10. The van der Waals surface area contributed by atoms with Gasteiger partial charge in [0.05, 0.1) is 5.56 Å². The smallest absolute Gasteiger partial charge is 0.279 e. The van der Waals surface area contributed by atoms with Crippen LogP contribution in [0.1, 0.15) is 26.3 Å². The van der Waals surface area contributed by atoms with Crippen LogP contribution in [0.3, 0.4) is 0 Å². The van der Waals surface area contributed by atoms with Crippen molar-refractivity contribution >= 4 is 23.2 Å². The highest BCUT2D eigenvalue weighted by Crippen LogP contribution is 2.19. The molecule has 0 aliphatic carbocycles. The second-order valence-electron chi connectivity index (χ2n) is 5.56. The van der Waals surface area contributed by atoms with Crippen molar-refractivity contribution in [3.8, 4) is 5.75 Å². The lowest BCUT2D eigenvalue weighted by Gasteiger charge is -2.10. The lowest BCUT2D eigenvalue weighted by molar-refractivity contribution is 0.0989. The third-order valence-corrected chi connectivity index (χ3v) is 4.53. The van der Waals surface area contributed by atoms with E-state index in [4.69, 9.17) is 10.5 Å². The topological polar surface area (TPSA) is 86.7 Å². The second-order valence-corrected chi connectivity index (χ2v) is 6.44. The van der Waals surface area contributed by atoms with Gasteiger partial charge in [-0.05, 0) is 29.8 Å². The zero-order valence-corrected chi connectivity index (χ0v) is 14.9. The Morgan fingerprint density at radius 1 is 1.19 bits per heavy atom. The first kappa shape index (κ1) is 17.6. The number of aryl methyl sites for hydroxylation is 1. The fraction of sp³-hybridized carbons (Fsp3) is 0.105. The second kappa shape index (κ2) is 7.79. The molecule has 132 valence electrons. The van der Waals surface area contributed by atoms with Gasteiger partial charge in [0.2, 0.25) is 0 Å². The van der Waals surface area contributed by atoms with E-state index < -0.39 is 5.91 Å². The Labute approximate surface area is 154 Å². The minimum atomic E-state index is -0.549. The number of nitrogens with two attached hydrogens (primary N) is 1. The number of rotatable bonds is 5. The molecule has 0 aliphatic rings. The number of hydrogen-bond donors (Lipinski definition) is 1. The molecule has 3 rings (SSSR count). The summed E-state index contributed by atoms with van der Waals surface area (Å²) in [5, 5.41) is 1.87. The van der Waals surface area contributed by atoms with E-state index in [-0.39, 0.29) is 12.5 Å². The number of hydrogen-bond acceptors (Lipinski definition) is 4. The fourth-order valence-corrected chi connectivity index (χ4v) is 3.07. The summed E-state index contributed by atoms with van der Waals surface area (Å²) in [6.07, 6.45) is 1.84. The quantitative estimate of drug-likeness (QED) is 0.752. The third kappa shape index (κ3) is 4.07. The van der Waals surface area contributed by atoms with Crippen LogP contribution in [0.2, 0.25) is 0 Å². The predicted octanol–water partition coefficient (Wildman–Crippen LogP) is 2.51. The van der Waals surface area contributed by atoms with Crippen molar-refractivity contribution in [2.75, 3.05) is 0 Å². The minimum absolute atomic E-state index is 0.207. The van der Waals surface area contributed by atoms with Crippen molar-refractivity contribution in [1.29, 1.82) is 0 Å². The SMILES string of the molecule is Cn1ccsc1=NC(=O)c1cccc(COc2ccccc2C(N)=O)c1. The summed E-state index contributed by atoms with van der Waals surface area (Å²) >= 11 is 1.40. The summed E-state index contributed by atoms with van der Waals surface area (Å²) in [6.45, 7) is 0.207. The van der Waals surface area contributed by atoms with Crippen LogP contribution >= 0.6 is 11.3 Å². The molecule has 0 saturated heterocycles.